The highest BCUT2D eigenvalue weighted by Gasteiger charge is 2.54. The van der Waals surface area contributed by atoms with Gasteiger partial charge in [0.15, 0.2) is 0 Å². The number of rotatable bonds is 9. The van der Waals surface area contributed by atoms with Crippen molar-refractivity contribution in [2.24, 2.45) is 0 Å². The first-order chi connectivity index (χ1) is 19.2. The molecule has 1 aliphatic heterocycles. The van der Waals surface area contributed by atoms with Gasteiger partial charge < -0.3 is 9.84 Å². The quantitative estimate of drug-likeness (QED) is 0.376. The SMILES string of the molecule is CC(C)(C[C@@H]1CN(S(=O)(=O)c2ccc(F)cc2)c2cc(N(C(=O)O)C(C)(C)C(F)(F)F)ccc2O1)NS(=O)(=O)C1CC1. The molecule has 0 saturated heterocycles. The summed E-state index contributed by atoms with van der Waals surface area (Å²) in [5, 5.41) is 9.23. The van der Waals surface area contributed by atoms with Crippen LogP contribution in [0.25, 0.3) is 0 Å². The van der Waals surface area contributed by atoms with E-state index in [2.05, 4.69) is 4.72 Å². The number of amides is 1. The number of ether oxygens (including phenoxy) is 1. The van der Waals surface area contributed by atoms with Gasteiger partial charge in [0.2, 0.25) is 10.0 Å². The van der Waals surface area contributed by atoms with Crippen LogP contribution in [0.3, 0.4) is 0 Å². The van der Waals surface area contributed by atoms with Crippen LogP contribution in [0, 0.1) is 5.82 Å². The minimum absolute atomic E-state index is 0.00205. The Hall–Kier alpha value is -3.11. The second-order valence-corrected chi connectivity index (χ2v) is 15.3. The van der Waals surface area contributed by atoms with Gasteiger partial charge in [-0.25, -0.2) is 30.7 Å². The lowest BCUT2D eigenvalue weighted by molar-refractivity contribution is -0.175. The molecule has 1 fully saturated rings. The third kappa shape index (κ3) is 6.29. The highest BCUT2D eigenvalue weighted by molar-refractivity contribution is 7.92. The van der Waals surface area contributed by atoms with Crippen molar-refractivity contribution in [1.82, 2.24) is 4.72 Å². The predicted octanol–water partition coefficient (Wildman–Crippen LogP) is 4.86. The normalized spacial score (nSPS) is 18.3. The Kier molecular flexibility index (Phi) is 8.00. The fourth-order valence-corrected chi connectivity index (χ4v) is 8.04. The van der Waals surface area contributed by atoms with E-state index in [0.717, 1.165) is 46.8 Å². The number of fused-ring (bicyclic) bond motifs is 1. The van der Waals surface area contributed by atoms with Crippen molar-refractivity contribution >= 4 is 37.5 Å². The van der Waals surface area contributed by atoms with Gasteiger partial charge in [0, 0.05) is 12.0 Å². The molecule has 42 heavy (non-hydrogen) atoms. The molecule has 1 atom stereocenters. The molecular formula is C26H31F4N3O7S2. The molecule has 0 bridgehead atoms. The average Bonchev–Trinajstić information content (AvgIpc) is 3.68. The lowest BCUT2D eigenvalue weighted by atomic mass is 9.97. The first-order valence-corrected chi connectivity index (χ1v) is 15.9. The molecule has 16 heteroatoms. The number of carbonyl (C=O) groups is 1. The van der Waals surface area contributed by atoms with E-state index in [4.69, 9.17) is 4.74 Å². The summed E-state index contributed by atoms with van der Waals surface area (Å²) in [5.41, 5.74) is -4.68. The van der Waals surface area contributed by atoms with Crippen LogP contribution in [-0.2, 0) is 20.0 Å². The van der Waals surface area contributed by atoms with Crippen molar-refractivity contribution < 1.29 is 49.0 Å². The van der Waals surface area contributed by atoms with E-state index in [-0.39, 0.29) is 27.7 Å². The molecule has 2 aliphatic rings. The molecule has 1 saturated carbocycles. The highest BCUT2D eigenvalue weighted by Crippen LogP contribution is 2.44. The molecule has 232 valence electrons. The summed E-state index contributed by atoms with van der Waals surface area (Å²) in [6.07, 6.45) is -6.78. The third-order valence-electron chi connectivity index (χ3n) is 7.10. The van der Waals surface area contributed by atoms with Gasteiger partial charge in [0.25, 0.3) is 10.0 Å². The minimum Gasteiger partial charge on any atom is -0.486 e. The number of hydrogen-bond acceptors (Lipinski definition) is 6. The largest absolute Gasteiger partial charge is 0.486 e. The molecule has 2 aromatic rings. The van der Waals surface area contributed by atoms with Crippen molar-refractivity contribution in [3.05, 3.63) is 48.3 Å². The Balaban J connectivity index is 1.78. The van der Waals surface area contributed by atoms with Gasteiger partial charge >= 0.3 is 12.3 Å². The Morgan fingerprint density at radius 1 is 1.05 bits per heavy atom. The van der Waals surface area contributed by atoms with Crippen LogP contribution in [0.5, 0.6) is 5.75 Å². The summed E-state index contributed by atoms with van der Waals surface area (Å²) in [5.74, 6) is -0.788. The number of benzene rings is 2. The zero-order chi connectivity index (χ0) is 31.5. The topological polar surface area (TPSA) is 133 Å². The molecule has 1 amide bonds. The van der Waals surface area contributed by atoms with Crippen LogP contribution in [-0.4, -0.2) is 63.2 Å². The Bertz CT molecular complexity index is 1570. The van der Waals surface area contributed by atoms with Gasteiger partial charge in [-0.1, -0.05) is 0 Å². The number of carboxylic acid groups (broad SMARTS) is 1. The van der Waals surface area contributed by atoms with E-state index < -0.39 is 72.8 Å². The van der Waals surface area contributed by atoms with E-state index in [0.29, 0.717) is 26.7 Å². The maximum absolute atomic E-state index is 13.9. The fourth-order valence-electron chi connectivity index (χ4n) is 4.76. The van der Waals surface area contributed by atoms with Crippen LogP contribution < -0.4 is 18.7 Å². The number of sulfonamides is 2. The van der Waals surface area contributed by atoms with Crippen molar-refractivity contribution in [2.45, 2.75) is 80.5 Å². The second kappa shape index (κ2) is 10.6. The molecule has 1 heterocycles. The fraction of sp³-hybridized carbons (Fsp3) is 0.500. The van der Waals surface area contributed by atoms with E-state index in [1.165, 1.54) is 0 Å². The van der Waals surface area contributed by atoms with Crippen molar-refractivity contribution in [2.75, 3.05) is 15.7 Å². The van der Waals surface area contributed by atoms with Gasteiger partial charge in [0.05, 0.1) is 28.1 Å². The van der Waals surface area contributed by atoms with E-state index in [9.17, 15) is 44.3 Å². The van der Waals surface area contributed by atoms with E-state index in [1.54, 1.807) is 13.8 Å². The number of hydrogen-bond donors (Lipinski definition) is 2. The van der Waals surface area contributed by atoms with Crippen molar-refractivity contribution in [1.29, 1.82) is 0 Å². The zero-order valence-electron chi connectivity index (χ0n) is 23.1. The van der Waals surface area contributed by atoms with E-state index in [1.807, 2.05) is 0 Å². The Labute approximate surface area is 241 Å². The maximum Gasteiger partial charge on any atom is 0.412 e. The monoisotopic (exact) mass is 637 g/mol. The molecule has 10 nitrogen and oxygen atoms in total. The maximum atomic E-state index is 13.9. The number of nitrogens with one attached hydrogen (secondary N) is 1. The third-order valence-corrected chi connectivity index (χ3v) is 11.1. The van der Waals surface area contributed by atoms with Gasteiger partial charge in [-0.2, -0.15) is 13.2 Å². The van der Waals surface area contributed by atoms with Gasteiger partial charge in [-0.3, -0.25) is 9.21 Å². The average molecular weight is 638 g/mol. The summed E-state index contributed by atoms with van der Waals surface area (Å²) in [6.45, 7) is 4.16. The van der Waals surface area contributed by atoms with Crippen molar-refractivity contribution in [3.8, 4) is 5.75 Å². The highest BCUT2D eigenvalue weighted by atomic mass is 32.2. The lowest BCUT2D eigenvalue weighted by Crippen LogP contribution is -2.57. The van der Waals surface area contributed by atoms with Gasteiger partial charge in [-0.15, -0.1) is 0 Å². The predicted molar refractivity (Wildman–Crippen MR) is 146 cm³/mol. The van der Waals surface area contributed by atoms with Crippen LogP contribution >= 0.6 is 0 Å². The Morgan fingerprint density at radius 2 is 1.64 bits per heavy atom. The molecule has 0 radical (unpaired) electrons. The summed E-state index contributed by atoms with van der Waals surface area (Å²) < 4.78 is 117. The molecule has 0 unspecified atom stereocenters. The molecule has 4 rings (SSSR count). The number of nitrogens with zero attached hydrogens (tertiary/aromatic N) is 2. The van der Waals surface area contributed by atoms with Crippen molar-refractivity contribution in [3.63, 3.8) is 0 Å². The minimum atomic E-state index is -4.98. The zero-order valence-corrected chi connectivity index (χ0v) is 24.8. The molecular weight excluding hydrogens is 606 g/mol. The van der Waals surface area contributed by atoms with E-state index >= 15 is 0 Å². The number of anilines is 2. The summed E-state index contributed by atoms with van der Waals surface area (Å²) in [6, 6.07) is 7.08. The first kappa shape index (κ1) is 31.8. The molecule has 2 N–H and O–H groups in total. The number of alkyl halides is 3. The smallest absolute Gasteiger partial charge is 0.412 e. The van der Waals surface area contributed by atoms with Crippen LogP contribution in [0.4, 0.5) is 33.7 Å². The second-order valence-electron chi connectivity index (χ2n) is 11.5. The lowest BCUT2D eigenvalue weighted by Gasteiger charge is -2.41. The molecule has 1 aliphatic carbocycles. The summed E-state index contributed by atoms with van der Waals surface area (Å²) >= 11 is 0. The van der Waals surface area contributed by atoms with Crippen LogP contribution in [0.2, 0.25) is 0 Å². The molecule has 0 spiro atoms. The standard InChI is InChI=1S/C26H31F4N3O7S2/c1-24(2,31-41(36,37)19-10-11-19)14-18-15-32(42(38,39)20-8-5-16(27)6-9-20)21-13-17(7-12-22(21)40-18)33(23(34)35)25(3,4)26(28,29)30/h5-9,12-13,18-19,31H,10-11,14-15H2,1-4H3,(H,34,35)/t18-/m1/s1. The molecule has 0 aromatic heterocycles. The summed E-state index contributed by atoms with van der Waals surface area (Å²) in [7, 11) is -8.11. The molecule has 2 aromatic carbocycles. The summed E-state index contributed by atoms with van der Waals surface area (Å²) in [4.78, 5) is 11.8. The number of halogens is 4. The van der Waals surface area contributed by atoms with Crippen LogP contribution in [0.1, 0.15) is 47.0 Å². The Morgan fingerprint density at radius 3 is 2.17 bits per heavy atom. The van der Waals surface area contributed by atoms with Crippen LogP contribution in [0.15, 0.2) is 47.4 Å². The van der Waals surface area contributed by atoms with Gasteiger partial charge in [0.1, 0.15) is 23.2 Å². The first-order valence-electron chi connectivity index (χ1n) is 12.9. The van der Waals surface area contributed by atoms with Gasteiger partial charge in [-0.05, 0) is 83.0 Å².